The van der Waals surface area contributed by atoms with E-state index in [4.69, 9.17) is 0 Å². The SMILES string of the molecule is CSc1ccc(C2CCCN(CCCCc3c[nH]c4ccccc34)C2)cc1. The number of aryl methyl sites for hydroxylation is 1. The first kappa shape index (κ1) is 18.6. The molecule has 2 aromatic carbocycles. The predicted molar refractivity (Wildman–Crippen MR) is 118 cm³/mol. The van der Waals surface area contributed by atoms with E-state index in [0.29, 0.717) is 5.92 Å². The second-order valence-electron chi connectivity index (χ2n) is 7.73. The van der Waals surface area contributed by atoms with E-state index >= 15 is 0 Å². The standard InChI is InChI=1S/C24H30N2S/c1-27-22-13-11-19(12-14-22)21-8-6-16-26(18-21)15-5-4-7-20-17-25-24-10-3-2-9-23(20)24/h2-3,9-14,17,21,25H,4-8,15-16,18H2,1H3. The fourth-order valence-corrected chi connectivity index (χ4v) is 4.80. The van der Waals surface area contributed by atoms with Gasteiger partial charge in [-0.1, -0.05) is 30.3 Å². The molecule has 0 bridgehead atoms. The van der Waals surface area contributed by atoms with Crippen molar-refractivity contribution in [3.63, 3.8) is 0 Å². The van der Waals surface area contributed by atoms with E-state index in [2.05, 4.69) is 70.9 Å². The third-order valence-electron chi connectivity index (χ3n) is 5.94. The Kier molecular flexibility index (Phi) is 6.21. The lowest BCUT2D eigenvalue weighted by Gasteiger charge is -2.33. The number of aromatic amines is 1. The number of benzene rings is 2. The van der Waals surface area contributed by atoms with E-state index in [-0.39, 0.29) is 0 Å². The van der Waals surface area contributed by atoms with Crippen LogP contribution in [0.15, 0.2) is 59.6 Å². The van der Waals surface area contributed by atoms with Gasteiger partial charge in [-0.05, 0) is 86.7 Å². The van der Waals surface area contributed by atoms with Crippen LogP contribution in [0.4, 0.5) is 0 Å². The van der Waals surface area contributed by atoms with Crippen molar-refractivity contribution in [2.75, 3.05) is 25.9 Å². The molecule has 27 heavy (non-hydrogen) atoms. The van der Waals surface area contributed by atoms with Crippen LogP contribution in [0.1, 0.15) is 42.7 Å². The van der Waals surface area contributed by atoms with Crippen molar-refractivity contribution in [1.29, 1.82) is 0 Å². The molecule has 0 amide bonds. The van der Waals surface area contributed by atoms with E-state index in [1.54, 1.807) is 0 Å². The van der Waals surface area contributed by atoms with Gasteiger partial charge < -0.3 is 9.88 Å². The molecule has 1 aliphatic heterocycles. The van der Waals surface area contributed by atoms with Gasteiger partial charge in [0.2, 0.25) is 0 Å². The summed E-state index contributed by atoms with van der Waals surface area (Å²) in [6, 6.07) is 17.9. The number of para-hydroxylation sites is 1. The lowest BCUT2D eigenvalue weighted by molar-refractivity contribution is 0.204. The molecular formula is C24H30N2S. The zero-order chi connectivity index (χ0) is 18.5. The van der Waals surface area contributed by atoms with Gasteiger partial charge in [0.25, 0.3) is 0 Å². The van der Waals surface area contributed by atoms with Crippen LogP contribution in [0.2, 0.25) is 0 Å². The van der Waals surface area contributed by atoms with Crippen LogP contribution in [0.5, 0.6) is 0 Å². The van der Waals surface area contributed by atoms with E-state index in [1.165, 1.54) is 78.7 Å². The number of nitrogens with zero attached hydrogens (tertiary/aromatic N) is 1. The third kappa shape index (κ3) is 4.59. The van der Waals surface area contributed by atoms with Crippen LogP contribution in [0, 0.1) is 0 Å². The second-order valence-corrected chi connectivity index (χ2v) is 8.61. The van der Waals surface area contributed by atoms with E-state index in [1.807, 2.05) is 11.8 Å². The molecule has 1 atom stereocenters. The minimum atomic E-state index is 0.711. The van der Waals surface area contributed by atoms with Crippen LogP contribution in [0.25, 0.3) is 10.9 Å². The largest absolute Gasteiger partial charge is 0.361 e. The highest BCUT2D eigenvalue weighted by Crippen LogP contribution is 2.28. The number of likely N-dealkylation sites (tertiary alicyclic amines) is 1. The fourth-order valence-electron chi connectivity index (χ4n) is 4.40. The van der Waals surface area contributed by atoms with Gasteiger partial charge in [0.05, 0.1) is 0 Å². The number of hydrogen-bond donors (Lipinski definition) is 1. The molecule has 2 nitrogen and oxygen atoms in total. The van der Waals surface area contributed by atoms with E-state index < -0.39 is 0 Å². The molecule has 142 valence electrons. The molecule has 1 unspecified atom stereocenters. The highest BCUT2D eigenvalue weighted by molar-refractivity contribution is 7.98. The first-order valence-electron chi connectivity index (χ1n) is 10.2. The molecule has 1 aliphatic rings. The van der Waals surface area contributed by atoms with Gasteiger partial charge in [0, 0.05) is 28.5 Å². The molecule has 0 spiro atoms. The maximum absolute atomic E-state index is 3.40. The second kappa shape index (κ2) is 8.99. The molecule has 0 radical (unpaired) electrons. The topological polar surface area (TPSA) is 19.0 Å². The highest BCUT2D eigenvalue weighted by Gasteiger charge is 2.20. The number of rotatable bonds is 7. The summed E-state index contributed by atoms with van der Waals surface area (Å²) in [5, 5.41) is 1.39. The van der Waals surface area contributed by atoms with E-state index in [9.17, 15) is 0 Å². The number of fused-ring (bicyclic) bond motifs is 1. The molecule has 1 aromatic heterocycles. The third-order valence-corrected chi connectivity index (χ3v) is 6.68. The van der Waals surface area contributed by atoms with Crippen molar-refractivity contribution in [2.45, 2.75) is 42.9 Å². The van der Waals surface area contributed by atoms with Crippen molar-refractivity contribution in [3.05, 3.63) is 65.9 Å². The maximum Gasteiger partial charge on any atom is 0.0456 e. The summed E-state index contributed by atoms with van der Waals surface area (Å²) in [5.41, 5.74) is 4.26. The van der Waals surface area contributed by atoms with Gasteiger partial charge >= 0.3 is 0 Å². The van der Waals surface area contributed by atoms with Crippen molar-refractivity contribution >= 4 is 22.7 Å². The van der Waals surface area contributed by atoms with Gasteiger partial charge in [-0.3, -0.25) is 0 Å². The Bertz CT molecular complexity index is 852. The zero-order valence-corrected chi connectivity index (χ0v) is 17.1. The lowest BCUT2D eigenvalue weighted by atomic mass is 9.90. The van der Waals surface area contributed by atoms with Crippen molar-refractivity contribution in [3.8, 4) is 0 Å². The number of H-pyrrole nitrogens is 1. The monoisotopic (exact) mass is 378 g/mol. The summed E-state index contributed by atoms with van der Waals surface area (Å²) in [4.78, 5) is 7.45. The fraction of sp³-hybridized carbons (Fsp3) is 0.417. The smallest absolute Gasteiger partial charge is 0.0456 e. The quantitative estimate of drug-likeness (QED) is 0.396. The minimum absolute atomic E-state index is 0.711. The van der Waals surface area contributed by atoms with Gasteiger partial charge in [-0.15, -0.1) is 11.8 Å². The number of nitrogens with one attached hydrogen (secondary N) is 1. The first-order valence-corrected chi connectivity index (χ1v) is 11.5. The van der Waals surface area contributed by atoms with Gasteiger partial charge in [0.1, 0.15) is 0 Å². The number of thioether (sulfide) groups is 1. The number of unbranched alkanes of at least 4 members (excludes halogenated alkanes) is 1. The molecular weight excluding hydrogens is 348 g/mol. The van der Waals surface area contributed by atoms with Crippen molar-refractivity contribution in [1.82, 2.24) is 9.88 Å². The minimum Gasteiger partial charge on any atom is -0.361 e. The Morgan fingerprint density at radius 1 is 1.07 bits per heavy atom. The average molecular weight is 379 g/mol. The summed E-state index contributed by atoms with van der Waals surface area (Å²) in [5.74, 6) is 0.711. The van der Waals surface area contributed by atoms with Gasteiger partial charge in [-0.2, -0.15) is 0 Å². The summed E-state index contributed by atoms with van der Waals surface area (Å²) in [7, 11) is 0. The Labute approximate surface area is 167 Å². The molecule has 1 fully saturated rings. The molecule has 1 saturated heterocycles. The predicted octanol–water partition coefficient (Wildman–Crippen LogP) is 6.09. The summed E-state index contributed by atoms with van der Waals surface area (Å²) in [6.45, 7) is 3.74. The molecule has 0 saturated carbocycles. The normalized spacial score (nSPS) is 18.2. The number of aromatic nitrogens is 1. The average Bonchev–Trinajstić information content (AvgIpc) is 3.15. The maximum atomic E-state index is 3.40. The number of piperidine rings is 1. The molecule has 2 heterocycles. The summed E-state index contributed by atoms with van der Waals surface area (Å²) in [6.07, 6.45) is 10.7. The van der Waals surface area contributed by atoms with Crippen LogP contribution in [-0.2, 0) is 6.42 Å². The van der Waals surface area contributed by atoms with E-state index in [0.717, 1.165) is 0 Å². The Morgan fingerprint density at radius 2 is 1.93 bits per heavy atom. The van der Waals surface area contributed by atoms with Crippen LogP contribution < -0.4 is 0 Å². The molecule has 3 heteroatoms. The van der Waals surface area contributed by atoms with Crippen LogP contribution in [0.3, 0.4) is 0 Å². The van der Waals surface area contributed by atoms with Crippen LogP contribution in [-0.4, -0.2) is 35.8 Å². The summed E-state index contributed by atoms with van der Waals surface area (Å²) < 4.78 is 0. The molecule has 1 N–H and O–H groups in total. The Balaban J connectivity index is 1.25. The Hall–Kier alpha value is -1.71. The first-order chi connectivity index (χ1) is 13.3. The molecule has 3 aromatic rings. The highest BCUT2D eigenvalue weighted by atomic mass is 32.2. The van der Waals surface area contributed by atoms with Crippen molar-refractivity contribution in [2.24, 2.45) is 0 Å². The van der Waals surface area contributed by atoms with Crippen molar-refractivity contribution < 1.29 is 0 Å². The molecule has 0 aliphatic carbocycles. The Morgan fingerprint density at radius 3 is 2.78 bits per heavy atom. The zero-order valence-electron chi connectivity index (χ0n) is 16.3. The van der Waals surface area contributed by atoms with Crippen LogP contribution >= 0.6 is 11.8 Å². The summed E-state index contributed by atoms with van der Waals surface area (Å²) >= 11 is 1.83. The van der Waals surface area contributed by atoms with Gasteiger partial charge in [-0.25, -0.2) is 0 Å². The molecule has 4 rings (SSSR count). The number of hydrogen-bond acceptors (Lipinski definition) is 2. The van der Waals surface area contributed by atoms with Gasteiger partial charge in [0.15, 0.2) is 0 Å². The lowest BCUT2D eigenvalue weighted by Crippen LogP contribution is -2.35.